The molecule has 1 aliphatic carbocycles. The van der Waals surface area contributed by atoms with Crippen molar-refractivity contribution >= 4 is 5.69 Å². The van der Waals surface area contributed by atoms with Crippen molar-refractivity contribution in [2.45, 2.75) is 12.6 Å². The Balaban J connectivity index is 1.47. The second-order valence-electron chi connectivity index (χ2n) is 7.38. The van der Waals surface area contributed by atoms with Crippen LogP contribution in [0.1, 0.15) is 23.0 Å². The molecule has 5 rings (SSSR count). The highest BCUT2D eigenvalue weighted by Gasteiger charge is 2.31. The van der Waals surface area contributed by atoms with Crippen molar-refractivity contribution in [3.05, 3.63) is 77.6 Å². The standard InChI is InChI=1S/C24H23N5O3/c1-30-20-12-15(13-21(31-2)24(20)32-3)25-14-22-26-27-28-29(22)23-18-10-6-4-8-16(18)17-9-5-7-11-19(17)23/h4-13,23,25H,14H2,1-3H3. The molecule has 4 aromatic rings. The zero-order chi connectivity index (χ0) is 22.1. The van der Waals surface area contributed by atoms with Gasteiger partial charge < -0.3 is 19.5 Å². The van der Waals surface area contributed by atoms with Crippen LogP contribution >= 0.6 is 0 Å². The molecule has 3 aromatic carbocycles. The van der Waals surface area contributed by atoms with Crippen molar-refractivity contribution in [1.82, 2.24) is 20.2 Å². The molecule has 0 saturated carbocycles. The first-order valence-corrected chi connectivity index (χ1v) is 10.2. The molecule has 8 nitrogen and oxygen atoms in total. The van der Waals surface area contributed by atoms with Gasteiger partial charge in [-0.1, -0.05) is 48.5 Å². The number of rotatable bonds is 7. The van der Waals surface area contributed by atoms with E-state index in [1.165, 1.54) is 22.3 Å². The molecule has 1 aliphatic rings. The van der Waals surface area contributed by atoms with E-state index in [-0.39, 0.29) is 6.04 Å². The van der Waals surface area contributed by atoms with Gasteiger partial charge in [-0.3, -0.25) is 0 Å². The summed E-state index contributed by atoms with van der Waals surface area (Å²) in [5, 5.41) is 16.0. The maximum absolute atomic E-state index is 5.45. The second kappa shape index (κ2) is 8.22. The van der Waals surface area contributed by atoms with Crippen molar-refractivity contribution < 1.29 is 14.2 Å². The highest BCUT2D eigenvalue weighted by molar-refractivity contribution is 5.78. The zero-order valence-electron chi connectivity index (χ0n) is 18.1. The molecule has 0 radical (unpaired) electrons. The van der Waals surface area contributed by atoms with E-state index in [4.69, 9.17) is 14.2 Å². The Labute approximate surface area is 185 Å². The van der Waals surface area contributed by atoms with Gasteiger partial charge in [0.25, 0.3) is 0 Å². The fourth-order valence-electron chi connectivity index (χ4n) is 4.29. The Morgan fingerprint density at radius 3 is 2.00 bits per heavy atom. The molecular weight excluding hydrogens is 406 g/mol. The largest absolute Gasteiger partial charge is 0.493 e. The molecule has 0 fully saturated rings. The smallest absolute Gasteiger partial charge is 0.203 e. The first-order chi connectivity index (χ1) is 15.7. The van der Waals surface area contributed by atoms with Gasteiger partial charge in [0.2, 0.25) is 5.75 Å². The van der Waals surface area contributed by atoms with Crippen LogP contribution in [0.4, 0.5) is 5.69 Å². The summed E-state index contributed by atoms with van der Waals surface area (Å²) in [6.45, 7) is 0.423. The van der Waals surface area contributed by atoms with Crippen LogP contribution in [0, 0.1) is 0 Å². The number of anilines is 1. The predicted octanol–water partition coefficient (Wildman–Crippen LogP) is 3.93. The molecule has 1 heterocycles. The molecule has 0 spiro atoms. The summed E-state index contributed by atoms with van der Waals surface area (Å²) in [6, 6.07) is 20.4. The van der Waals surface area contributed by atoms with Gasteiger partial charge in [0.1, 0.15) is 6.04 Å². The van der Waals surface area contributed by atoms with Crippen LogP contribution in [0.15, 0.2) is 60.7 Å². The third-order valence-electron chi connectivity index (χ3n) is 5.72. The van der Waals surface area contributed by atoms with Crippen LogP contribution in [-0.4, -0.2) is 41.5 Å². The number of nitrogens with zero attached hydrogens (tertiary/aromatic N) is 4. The lowest BCUT2D eigenvalue weighted by atomic mass is 10.1. The summed E-state index contributed by atoms with van der Waals surface area (Å²) < 4.78 is 18.2. The van der Waals surface area contributed by atoms with Crippen molar-refractivity contribution in [2.24, 2.45) is 0 Å². The SMILES string of the molecule is COc1cc(NCc2nnnn2C2c3ccccc3-c3ccccc32)cc(OC)c1OC. The van der Waals surface area contributed by atoms with Crippen LogP contribution in [0.3, 0.4) is 0 Å². The minimum absolute atomic E-state index is 0.0749. The lowest BCUT2D eigenvalue weighted by molar-refractivity contribution is 0.324. The van der Waals surface area contributed by atoms with Crippen LogP contribution in [0.2, 0.25) is 0 Å². The molecule has 162 valence electrons. The normalized spacial score (nSPS) is 12.2. The van der Waals surface area contributed by atoms with Crippen LogP contribution < -0.4 is 19.5 Å². The third kappa shape index (κ3) is 3.20. The van der Waals surface area contributed by atoms with Crippen molar-refractivity contribution in [3.63, 3.8) is 0 Å². The van der Waals surface area contributed by atoms with Crippen molar-refractivity contribution in [2.75, 3.05) is 26.6 Å². The van der Waals surface area contributed by atoms with E-state index in [1.807, 2.05) is 16.8 Å². The number of hydrogen-bond acceptors (Lipinski definition) is 7. The van der Waals surface area contributed by atoms with E-state index in [9.17, 15) is 0 Å². The third-order valence-corrected chi connectivity index (χ3v) is 5.72. The number of fused-ring (bicyclic) bond motifs is 3. The number of tetrazole rings is 1. The zero-order valence-corrected chi connectivity index (χ0v) is 18.1. The van der Waals surface area contributed by atoms with Gasteiger partial charge >= 0.3 is 0 Å². The first kappa shape index (κ1) is 19.9. The lowest BCUT2D eigenvalue weighted by Gasteiger charge is -2.17. The number of ether oxygens (including phenoxy) is 3. The summed E-state index contributed by atoms with van der Waals surface area (Å²) in [7, 11) is 4.77. The quantitative estimate of drug-likeness (QED) is 0.420. The maximum atomic E-state index is 5.45. The first-order valence-electron chi connectivity index (χ1n) is 10.2. The summed E-state index contributed by atoms with van der Waals surface area (Å²) in [5.41, 5.74) is 5.62. The van der Waals surface area contributed by atoms with Gasteiger partial charge in [-0.25, -0.2) is 4.68 Å². The lowest BCUT2D eigenvalue weighted by Crippen LogP contribution is -2.17. The van der Waals surface area contributed by atoms with Gasteiger partial charge in [0, 0.05) is 17.8 Å². The minimum Gasteiger partial charge on any atom is -0.493 e. The molecular formula is C24H23N5O3. The Hall–Kier alpha value is -4.07. The highest BCUT2D eigenvalue weighted by Crippen LogP contribution is 2.45. The summed E-state index contributed by atoms with van der Waals surface area (Å²) in [5.74, 6) is 2.42. The summed E-state index contributed by atoms with van der Waals surface area (Å²) >= 11 is 0. The molecule has 32 heavy (non-hydrogen) atoms. The van der Waals surface area contributed by atoms with Gasteiger partial charge in [0.05, 0.1) is 27.9 Å². The number of benzene rings is 3. The van der Waals surface area contributed by atoms with Gasteiger partial charge in [0.15, 0.2) is 17.3 Å². The van der Waals surface area contributed by atoms with Gasteiger partial charge in [-0.05, 0) is 32.7 Å². The fraction of sp³-hybridized carbons (Fsp3) is 0.208. The maximum Gasteiger partial charge on any atom is 0.203 e. The monoisotopic (exact) mass is 429 g/mol. The number of aromatic nitrogens is 4. The average molecular weight is 429 g/mol. The Kier molecular flexibility index (Phi) is 5.10. The molecule has 0 saturated heterocycles. The van der Waals surface area contributed by atoms with Gasteiger partial charge in [-0.15, -0.1) is 5.10 Å². The molecule has 0 amide bonds. The molecule has 0 atom stereocenters. The van der Waals surface area contributed by atoms with Crippen LogP contribution in [0.5, 0.6) is 17.2 Å². The molecule has 0 unspecified atom stereocenters. The molecule has 0 aliphatic heterocycles. The average Bonchev–Trinajstić information content (AvgIpc) is 3.43. The van der Waals surface area contributed by atoms with Crippen molar-refractivity contribution in [3.8, 4) is 28.4 Å². The molecule has 1 N–H and O–H groups in total. The Morgan fingerprint density at radius 1 is 0.844 bits per heavy atom. The van der Waals surface area contributed by atoms with Gasteiger partial charge in [-0.2, -0.15) is 0 Å². The Bertz CT molecular complexity index is 1200. The Morgan fingerprint density at radius 2 is 1.44 bits per heavy atom. The summed E-state index contributed by atoms with van der Waals surface area (Å²) in [4.78, 5) is 0. The topological polar surface area (TPSA) is 83.3 Å². The van der Waals surface area contributed by atoms with Crippen LogP contribution in [-0.2, 0) is 6.54 Å². The number of nitrogens with one attached hydrogen (secondary N) is 1. The van der Waals surface area contributed by atoms with E-state index >= 15 is 0 Å². The minimum atomic E-state index is -0.0749. The summed E-state index contributed by atoms with van der Waals surface area (Å²) in [6.07, 6.45) is 0. The molecule has 0 bridgehead atoms. The van der Waals surface area contributed by atoms with E-state index < -0.39 is 0 Å². The molecule has 1 aromatic heterocycles. The predicted molar refractivity (Wildman–Crippen MR) is 120 cm³/mol. The van der Waals surface area contributed by atoms with E-state index in [1.54, 1.807) is 21.3 Å². The van der Waals surface area contributed by atoms with E-state index in [2.05, 4.69) is 69.4 Å². The number of methoxy groups -OCH3 is 3. The van der Waals surface area contributed by atoms with Crippen LogP contribution in [0.25, 0.3) is 11.1 Å². The van der Waals surface area contributed by atoms with E-state index in [0.717, 1.165) is 11.5 Å². The molecule has 8 heteroatoms. The fourth-order valence-corrected chi connectivity index (χ4v) is 4.29. The second-order valence-corrected chi connectivity index (χ2v) is 7.38. The highest BCUT2D eigenvalue weighted by atomic mass is 16.5. The number of hydrogen-bond donors (Lipinski definition) is 1. The van der Waals surface area contributed by atoms with E-state index in [0.29, 0.717) is 23.8 Å². The van der Waals surface area contributed by atoms with Crippen molar-refractivity contribution in [1.29, 1.82) is 0 Å².